The van der Waals surface area contributed by atoms with Crippen LogP contribution < -0.4 is 5.32 Å². The van der Waals surface area contributed by atoms with Gasteiger partial charge in [0.2, 0.25) is 0 Å². The van der Waals surface area contributed by atoms with E-state index in [1.807, 2.05) is 0 Å². The third-order valence-electron chi connectivity index (χ3n) is 3.20. The summed E-state index contributed by atoms with van der Waals surface area (Å²) in [4.78, 5) is 15.8. The average Bonchev–Trinajstić information content (AvgIpc) is 2.58. The number of hydrogen-bond acceptors (Lipinski definition) is 4. The third kappa shape index (κ3) is 3.70. The SMILES string of the molecule is Cc1sc(NCC(C(C)C)C(C)C)nc1C(=O)O. The van der Waals surface area contributed by atoms with Gasteiger partial charge in [-0.1, -0.05) is 27.7 Å². The quantitative estimate of drug-likeness (QED) is 0.830. The fourth-order valence-corrected chi connectivity index (χ4v) is 2.93. The maximum atomic E-state index is 10.9. The molecule has 1 rings (SSSR count). The van der Waals surface area contributed by atoms with Crippen molar-refractivity contribution in [3.63, 3.8) is 0 Å². The largest absolute Gasteiger partial charge is 0.476 e. The van der Waals surface area contributed by atoms with Crippen molar-refractivity contribution in [1.82, 2.24) is 4.98 Å². The van der Waals surface area contributed by atoms with E-state index >= 15 is 0 Å². The Morgan fingerprint density at radius 3 is 2.28 bits per heavy atom. The monoisotopic (exact) mass is 270 g/mol. The smallest absolute Gasteiger partial charge is 0.355 e. The van der Waals surface area contributed by atoms with Crippen molar-refractivity contribution in [3.05, 3.63) is 10.6 Å². The number of carboxylic acids is 1. The van der Waals surface area contributed by atoms with Crippen LogP contribution in [-0.2, 0) is 0 Å². The maximum Gasteiger partial charge on any atom is 0.355 e. The molecule has 0 bridgehead atoms. The van der Waals surface area contributed by atoms with Crippen molar-refractivity contribution in [1.29, 1.82) is 0 Å². The van der Waals surface area contributed by atoms with E-state index < -0.39 is 5.97 Å². The summed E-state index contributed by atoms with van der Waals surface area (Å²) in [6.45, 7) is 11.5. The lowest BCUT2D eigenvalue weighted by Gasteiger charge is -2.24. The number of carbonyl (C=O) groups is 1. The van der Waals surface area contributed by atoms with Gasteiger partial charge in [0.1, 0.15) is 0 Å². The van der Waals surface area contributed by atoms with E-state index in [9.17, 15) is 4.79 Å². The van der Waals surface area contributed by atoms with Crippen LogP contribution in [0.2, 0.25) is 0 Å². The minimum absolute atomic E-state index is 0.160. The van der Waals surface area contributed by atoms with Crippen molar-refractivity contribution in [3.8, 4) is 0 Å². The molecule has 0 amide bonds. The molecule has 1 heterocycles. The van der Waals surface area contributed by atoms with Crippen molar-refractivity contribution < 1.29 is 9.90 Å². The minimum atomic E-state index is -0.957. The summed E-state index contributed by atoms with van der Waals surface area (Å²) in [6.07, 6.45) is 0. The summed E-state index contributed by atoms with van der Waals surface area (Å²) < 4.78 is 0. The van der Waals surface area contributed by atoms with Crippen LogP contribution in [0.1, 0.15) is 43.1 Å². The molecule has 0 aliphatic carbocycles. The number of aromatic carboxylic acids is 1. The van der Waals surface area contributed by atoms with Crippen molar-refractivity contribution in [2.75, 3.05) is 11.9 Å². The number of nitrogens with one attached hydrogen (secondary N) is 1. The highest BCUT2D eigenvalue weighted by molar-refractivity contribution is 7.15. The Labute approximate surface area is 112 Å². The second-order valence-electron chi connectivity index (χ2n) is 5.26. The molecule has 0 spiro atoms. The van der Waals surface area contributed by atoms with Crippen LogP contribution in [0.25, 0.3) is 0 Å². The van der Waals surface area contributed by atoms with Gasteiger partial charge in [-0.15, -0.1) is 11.3 Å². The lowest BCUT2D eigenvalue weighted by Crippen LogP contribution is -2.24. The average molecular weight is 270 g/mol. The molecule has 5 heteroatoms. The van der Waals surface area contributed by atoms with E-state index in [0.29, 0.717) is 22.9 Å². The first kappa shape index (κ1) is 15.0. The van der Waals surface area contributed by atoms with Gasteiger partial charge in [-0.2, -0.15) is 0 Å². The summed E-state index contributed by atoms with van der Waals surface area (Å²) in [6, 6.07) is 0. The number of carboxylic acid groups (broad SMARTS) is 1. The number of rotatable bonds is 6. The normalized spacial score (nSPS) is 11.6. The topological polar surface area (TPSA) is 62.2 Å². The highest BCUT2D eigenvalue weighted by atomic mass is 32.1. The molecule has 4 nitrogen and oxygen atoms in total. The van der Waals surface area contributed by atoms with Gasteiger partial charge in [-0.25, -0.2) is 9.78 Å². The second kappa shape index (κ2) is 6.18. The van der Waals surface area contributed by atoms with Crippen LogP contribution in [0.15, 0.2) is 0 Å². The van der Waals surface area contributed by atoms with Gasteiger partial charge in [-0.3, -0.25) is 0 Å². The molecule has 0 saturated carbocycles. The van der Waals surface area contributed by atoms with E-state index in [4.69, 9.17) is 5.11 Å². The summed E-state index contributed by atoms with van der Waals surface area (Å²) in [5.74, 6) is 0.790. The van der Waals surface area contributed by atoms with Crippen LogP contribution in [0, 0.1) is 24.7 Å². The minimum Gasteiger partial charge on any atom is -0.476 e. The summed E-state index contributed by atoms with van der Waals surface area (Å²) >= 11 is 1.41. The van der Waals surface area contributed by atoms with Crippen molar-refractivity contribution >= 4 is 22.4 Å². The van der Waals surface area contributed by atoms with Crippen LogP contribution in [0.3, 0.4) is 0 Å². The zero-order valence-corrected chi connectivity index (χ0v) is 12.5. The molecule has 1 aromatic rings. The maximum absolute atomic E-state index is 10.9. The van der Waals surface area contributed by atoms with Gasteiger partial charge in [0.25, 0.3) is 0 Å². The highest BCUT2D eigenvalue weighted by Gasteiger charge is 2.19. The Kier molecular flexibility index (Phi) is 5.14. The van der Waals surface area contributed by atoms with E-state index in [1.165, 1.54) is 11.3 Å². The number of aromatic nitrogens is 1. The zero-order chi connectivity index (χ0) is 13.9. The molecule has 0 saturated heterocycles. The number of nitrogens with zero attached hydrogens (tertiary/aromatic N) is 1. The van der Waals surface area contributed by atoms with Gasteiger partial charge in [0, 0.05) is 11.4 Å². The van der Waals surface area contributed by atoms with Gasteiger partial charge < -0.3 is 10.4 Å². The summed E-state index contributed by atoms with van der Waals surface area (Å²) in [7, 11) is 0. The summed E-state index contributed by atoms with van der Waals surface area (Å²) in [5, 5.41) is 12.9. The van der Waals surface area contributed by atoms with Crippen LogP contribution in [0.5, 0.6) is 0 Å². The third-order valence-corrected chi connectivity index (χ3v) is 4.13. The van der Waals surface area contributed by atoms with Gasteiger partial charge in [-0.05, 0) is 24.7 Å². The molecular formula is C13H22N2O2S. The highest BCUT2D eigenvalue weighted by Crippen LogP contribution is 2.25. The van der Waals surface area contributed by atoms with E-state index in [2.05, 4.69) is 38.0 Å². The number of anilines is 1. The van der Waals surface area contributed by atoms with Crippen LogP contribution in [0.4, 0.5) is 5.13 Å². The Morgan fingerprint density at radius 1 is 1.33 bits per heavy atom. The predicted octanol–water partition coefficient (Wildman–Crippen LogP) is 3.49. The lowest BCUT2D eigenvalue weighted by molar-refractivity contribution is 0.0690. The van der Waals surface area contributed by atoms with Crippen LogP contribution in [-0.4, -0.2) is 22.6 Å². The van der Waals surface area contributed by atoms with E-state index in [-0.39, 0.29) is 5.69 Å². The molecule has 0 fully saturated rings. The Balaban J connectivity index is 2.68. The standard InChI is InChI=1S/C13H22N2O2S/c1-7(2)10(8(3)4)6-14-13-15-11(12(16)17)9(5)18-13/h7-8,10H,6H2,1-5H3,(H,14,15)(H,16,17). The van der Waals surface area contributed by atoms with Gasteiger partial charge in [0.15, 0.2) is 10.8 Å². The number of thiazole rings is 1. The number of aryl methyl sites for hydroxylation is 1. The fourth-order valence-electron chi connectivity index (χ4n) is 2.12. The molecule has 2 N–H and O–H groups in total. The molecule has 0 aliphatic rings. The fraction of sp³-hybridized carbons (Fsp3) is 0.692. The molecule has 102 valence electrons. The first-order valence-corrected chi connectivity index (χ1v) is 7.09. The first-order valence-electron chi connectivity index (χ1n) is 6.27. The molecule has 0 radical (unpaired) electrons. The molecule has 18 heavy (non-hydrogen) atoms. The van der Waals surface area contributed by atoms with Gasteiger partial charge in [0.05, 0.1) is 0 Å². The Hall–Kier alpha value is -1.10. The van der Waals surface area contributed by atoms with E-state index in [0.717, 1.165) is 11.4 Å². The molecule has 0 aromatic carbocycles. The first-order chi connectivity index (χ1) is 8.32. The number of hydrogen-bond donors (Lipinski definition) is 2. The summed E-state index contributed by atoms with van der Waals surface area (Å²) in [5.41, 5.74) is 0.160. The molecule has 0 atom stereocenters. The zero-order valence-electron chi connectivity index (χ0n) is 11.7. The van der Waals surface area contributed by atoms with Crippen LogP contribution >= 0.6 is 11.3 Å². The molecule has 0 unspecified atom stereocenters. The molecular weight excluding hydrogens is 248 g/mol. The molecule has 0 aliphatic heterocycles. The van der Waals surface area contributed by atoms with E-state index in [1.54, 1.807) is 6.92 Å². The molecule has 1 aromatic heterocycles. The Bertz CT molecular complexity index is 405. The predicted molar refractivity (Wildman–Crippen MR) is 75.5 cm³/mol. The Morgan fingerprint density at radius 2 is 1.89 bits per heavy atom. The van der Waals surface area contributed by atoms with Gasteiger partial charge >= 0.3 is 5.97 Å². The van der Waals surface area contributed by atoms with Crippen molar-refractivity contribution in [2.24, 2.45) is 17.8 Å². The lowest BCUT2D eigenvalue weighted by atomic mass is 9.86. The van der Waals surface area contributed by atoms with Crippen molar-refractivity contribution in [2.45, 2.75) is 34.6 Å². The second-order valence-corrected chi connectivity index (χ2v) is 6.46.